The van der Waals surface area contributed by atoms with Crippen molar-refractivity contribution in [3.05, 3.63) is 59.7 Å². The average molecular weight is 227 g/mol. The lowest BCUT2D eigenvalue weighted by Gasteiger charge is -2.19. The lowest BCUT2D eigenvalue weighted by atomic mass is 9.95. The van der Waals surface area contributed by atoms with Crippen LogP contribution < -0.4 is 5.32 Å². The Hall–Kier alpha value is -1.74. The standard InChI is InChI=1S/C14H17N3/c1-3-11-6-4-5-7-13(11)14(15-2)12-8-16-10-17-9-12/h4-10,14-15H,3H2,1-2H3. The molecule has 2 aromatic rings. The number of nitrogens with one attached hydrogen (secondary N) is 1. The maximum atomic E-state index is 4.08. The minimum absolute atomic E-state index is 0.160. The zero-order valence-electron chi connectivity index (χ0n) is 10.2. The first-order chi connectivity index (χ1) is 8.36. The van der Waals surface area contributed by atoms with E-state index in [0.29, 0.717) is 0 Å². The Morgan fingerprint density at radius 3 is 2.53 bits per heavy atom. The second-order valence-electron chi connectivity index (χ2n) is 3.95. The maximum absolute atomic E-state index is 4.08. The second-order valence-corrected chi connectivity index (χ2v) is 3.95. The zero-order valence-corrected chi connectivity index (χ0v) is 10.2. The molecule has 0 saturated heterocycles. The van der Waals surface area contributed by atoms with Gasteiger partial charge in [0.05, 0.1) is 6.04 Å². The van der Waals surface area contributed by atoms with Gasteiger partial charge in [0.15, 0.2) is 0 Å². The summed E-state index contributed by atoms with van der Waals surface area (Å²) in [5.41, 5.74) is 3.75. The van der Waals surface area contributed by atoms with Gasteiger partial charge < -0.3 is 5.32 Å². The molecule has 0 fully saturated rings. The molecule has 0 radical (unpaired) electrons. The highest BCUT2D eigenvalue weighted by Gasteiger charge is 2.14. The minimum atomic E-state index is 0.160. The van der Waals surface area contributed by atoms with E-state index in [2.05, 4.69) is 46.5 Å². The zero-order chi connectivity index (χ0) is 12.1. The summed E-state index contributed by atoms with van der Waals surface area (Å²) in [4.78, 5) is 8.17. The van der Waals surface area contributed by atoms with Crippen molar-refractivity contribution in [1.29, 1.82) is 0 Å². The largest absolute Gasteiger partial charge is 0.309 e. The van der Waals surface area contributed by atoms with Gasteiger partial charge in [-0.2, -0.15) is 0 Å². The van der Waals surface area contributed by atoms with Gasteiger partial charge in [-0.1, -0.05) is 31.2 Å². The van der Waals surface area contributed by atoms with Crippen LogP contribution in [0.3, 0.4) is 0 Å². The van der Waals surface area contributed by atoms with Crippen molar-refractivity contribution >= 4 is 0 Å². The van der Waals surface area contributed by atoms with E-state index in [1.165, 1.54) is 11.1 Å². The Kier molecular flexibility index (Phi) is 3.83. The minimum Gasteiger partial charge on any atom is -0.309 e. The number of aryl methyl sites for hydroxylation is 1. The van der Waals surface area contributed by atoms with E-state index < -0.39 is 0 Å². The molecular formula is C14H17N3. The van der Waals surface area contributed by atoms with Gasteiger partial charge in [0.1, 0.15) is 6.33 Å². The van der Waals surface area contributed by atoms with Crippen LogP contribution in [0.5, 0.6) is 0 Å². The summed E-state index contributed by atoms with van der Waals surface area (Å²) >= 11 is 0. The fourth-order valence-corrected chi connectivity index (χ4v) is 2.10. The Morgan fingerprint density at radius 1 is 1.18 bits per heavy atom. The van der Waals surface area contributed by atoms with Gasteiger partial charge in [0.25, 0.3) is 0 Å². The lowest BCUT2D eigenvalue weighted by molar-refractivity contribution is 0.677. The van der Waals surface area contributed by atoms with Crippen LogP contribution in [-0.2, 0) is 6.42 Å². The highest BCUT2D eigenvalue weighted by atomic mass is 14.9. The molecule has 0 aliphatic carbocycles. The van der Waals surface area contributed by atoms with Gasteiger partial charge in [-0.15, -0.1) is 0 Å². The van der Waals surface area contributed by atoms with Crippen molar-refractivity contribution in [3.8, 4) is 0 Å². The summed E-state index contributed by atoms with van der Waals surface area (Å²) in [5.74, 6) is 0. The molecule has 1 N–H and O–H groups in total. The molecule has 1 atom stereocenters. The summed E-state index contributed by atoms with van der Waals surface area (Å²) < 4.78 is 0. The van der Waals surface area contributed by atoms with Crippen molar-refractivity contribution in [2.24, 2.45) is 0 Å². The van der Waals surface area contributed by atoms with Crippen molar-refractivity contribution in [3.63, 3.8) is 0 Å². The maximum Gasteiger partial charge on any atom is 0.115 e. The molecule has 0 bridgehead atoms. The molecule has 2 rings (SSSR count). The molecule has 1 aromatic carbocycles. The third-order valence-electron chi connectivity index (χ3n) is 2.95. The summed E-state index contributed by atoms with van der Waals surface area (Å²) in [6, 6.07) is 8.64. The first-order valence-corrected chi connectivity index (χ1v) is 5.86. The monoisotopic (exact) mass is 227 g/mol. The van der Waals surface area contributed by atoms with Crippen molar-refractivity contribution in [2.45, 2.75) is 19.4 Å². The first kappa shape index (κ1) is 11.7. The van der Waals surface area contributed by atoms with Crippen LogP contribution >= 0.6 is 0 Å². The van der Waals surface area contributed by atoms with Gasteiger partial charge in [-0.05, 0) is 24.6 Å². The van der Waals surface area contributed by atoms with E-state index in [1.54, 1.807) is 6.33 Å². The highest BCUT2D eigenvalue weighted by Crippen LogP contribution is 2.24. The summed E-state index contributed by atoms with van der Waals surface area (Å²) in [5, 5.41) is 3.33. The predicted octanol–water partition coefficient (Wildman–Crippen LogP) is 2.35. The average Bonchev–Trinajstić information content (AvgIpc) is 2.41. The number of aromatic nitrogens is 2. The summed E-state index contributed by atoms with van der Waals surface area (Å²) in [6.45, 7) is 2.17. The van der Waals surface area contributed by atoms with E-state index >= 15 is 0 Å². The molecular weight excluding hydrogens is 210 g/mol. The van der Waals surface area contributed by atoms with Crippen molar-refractivity contribution < 1.29 is 0 Å². The second kappa shape index (κ2) is 5.55. The van der Waals surface area contributed by atoms with Crippen LogP contribution in [0.25, 0.3) is 0 Å². The summed E-state index contributed by atoms with van der Waals surface area (Å²) in [7, 11) is 1.96. The van der Waals surface area contributed by atoms with Crippen LogP contribution in [0.4, 0.5) is 0 Å². The quantitative estimate of drug-likeness (QED) is 0.871. The number of benzene rings is 1. The van der Waals surface area contributed by atoms with Crippen molar-refractivity contribution in [1.82, 2.24) is 15.3 Å². The normalized spacial score (nSPS) is 12.4. The highest BCUT2D eigenvalue weighted by molar-refractivity contribution is 5.35. The SMILES string of the molecule is CCc1ccccc1C(NC)c1cncnc1. The Labute approximate surface area is 102 Å². The van der Waals surface area contributed by atoms with E-state index in [0.717, 1.165) is 12.0 Å². The third-order valence-corrected chi connectivity index (χ3v) is 2.95. The van der Waals surface area contributed by atoms with Crippen LogP contribution in [0, 0.1) is 0 Å². The first-order valence-electron chi connectivity index (χ1n) is 5.86. The van der Waals surface area contributed by atoms with Crippen LogP contribution in [-0.4, -0.2) is 17.0 Å². The van der Waals surface area contributed by atoms with Gasteiger partial charge in [-0.25, -0.2) is 9.97 Å². The Bertz CT molecular complexity index is 468. The lowest BCUT2D eigenvalue weighted by Crippen LogP contribution is -2.19. The molecule has 1 aromatic heterocycles. The predicted molar refractivity (Wildman–Crippen MR) is 68.8 cm³/mol. The van der Waals surface area contributed by atoms with E-state index in [4.69, 9.17) is 0 Å². The number of hydrogen-bond acceptors (Lipinski definition) is 3. The van der Waals surface area contributed by atoms with E-state index in [-0.39, 0.29) is 6.04 Å². The molecule has 1 unspecified atom stereocenters. The number of hydrogen-bond donors (Lipinski definition) is 1. The van der Waals surface area contributed by atoms with Gasteiger partial charge in [-0.3, -0.25) is 0 Å². The molecule has 0 aliphatic heterocycles. The number of nitrogens with zero attached hydrogens (tertiary/aromatic N) is 2. The third kappa shape index (κ3) is 2.50. The number of rotatable bonds is 4. The molecule has 3 heteroatoms. The van der Waals surface area contributed by atoms with Gasteiger partial charge >= 0.3 is 0 Å². The van der Waals surface area contributed by atoms with Crippen LogP contribution in [0.15, 0.2) is 43.0 Å². The van der Waals surface area contributed by atoms with Crippen molar-refractivity contribution in [2.75, 3.05) is 7.05 Å². The fraction of sp³-hybridized carbons (Fsp3) is 0.286. The summed E-state index contributed by atoms with van der Waals surface area (Å²) in [6.07, 6.45) is 6.31. The molecule has 3 nitrogen and oxygen atoms in total. The fourth-order valence-electron chi connectivity index (χ4n) is 2.10. The Balaban J connectivity index is 2.42. The van der Waals surface area contributed by atoms with E-state index in [9.17, 15) is 0 Å². The van der Waals surface area contributed by atoms with Gasteiger partial charge in [0, 0.05) is 18.0 Å². The molecule has 0 saturated carbocycles. The molecule has 0 aliphatic rings. The van der Waals surface area contributed by atoms with Crippen LogP contribution in [0.1, 0.15) is 29.7 Å². The topological polar surface area (TPSA) is 37.8 Å². The van der Waals surface area contributed by atoms with Gasteiger partial charge in [0.2, 0.25) is 0 Å². The molecule has 88 valence electrons. The van der Waals surface area contributed by atoms with E-state index in [1.807, 2.05) is 19.4 Å². The molecule has 0 amide bonds. The molecule has 0 spiro atoms. The molecule has 1 heterocycles. The van der Waals surface area contributed by atoms with Crippen LogP contribution in [0.2, 0.25) is 0 Å². The Morgan fingerprint density at radius 2 is 1.88 bits per heavy atom. The molecule has 17 heavy (non-hydrogen) atoms. The smallest absolute Gasteiger partial charge is 0.115 e.